The molecule has 0 aromatic heterocycles. The van der Waals surface area contributed by atoms with Gasteiger partial charge < -0.3 is 4.90 Å². The van der Waals surface area contributed by atoms with Gasteiger partial charge in [-0.2, -0.15) is 0 Å². The minimum atomic E-state index is -3.43. The lowest BCUT2D eigenvalue weighted by molar-refractivity contribution is 0.579. The molecular weight excluding hydrogens is 320 g/mol. The minimum absolute atomic E-state index is 0.323. The zero-order chi connectivity index (χ0) is 17.6. The Morgan fingerprint density at radius 1 is 1.00 bits per heavy atom. The molecule has 0 saturated heterocycles. The summed E-state index contributed by atoms with van der Waals surface area (Å²) in [6.07, 6.45) is 0.745. The van der Waals surface area contributed by atoms with Gasteiger partial charge in [-0.25, -0.2) is 13.1 Å². The molecule has 5 heteroatoms. The summed E-state index contributed by atoms with van der Waals surface area (Å²) >= 11 is 0. The van der Waals surface area contributed by atoms with Gasteiger partial charge in [-0.15, -0.1) is 0 Å². The fourth-order valence-electron chi connectivity index (χ4n) is 2.45. The monoisotopic (exact) mass is 346 g/mol. The van der Waals surface area contributed by atoms with Crippen molar-refractivity contribution in [1.82, 2.24) is 4.72 Å². The van der Waals surface area contributed by atoms with Crippen LogP contribution in [0.4, 0.5) is 5.69 Å². The van der Waals surface area contributed by atoms with Crippen LogP contribution in [0.3, 0.4) is 0 Å². The molecule has 0 saturated carbocycles. The number of rotatable bonds is 8. The highest BCUT2D eigenvalue weighted by Crippen LogP contribution is 2.17. The van der Waals surface area contributed by atoms with E-state index in [9.17, 15) is 8.42 Å². The Hall–Kier alpha value is -1.85. The molecule has 0 aliphatic heterocycles. The van der Waals surface area contributed by atoms with E-state index in [1.54, 1.807) is 12.1 Å². The Morgan fingerprint density at radius 3 is 2.21 bits per heavy atom. The van der Waals surface area contributed by atoms with E-state index in [0.29, 0.717) is 17.4 Å². The maximum Gasteiger partial charge on any atom is 0.240 e. The van der Waals surface area contributed by atoms with E-state index in [1.807, 2.05) is 49.5 Å². The van der Waals surface area contributed by atoms with Gasteiger partial charge >= 0.3 is 0 Å². The predicted molar refractivity (Wildman–Crippen MR) is 100 cm³/mol. The third kappa shape index (κ3) is 5.08. The topological polar surface area (TPSA) is 49.4 Å². The Bertz CT molecular complexity index is 726. The summed E-state index contributed by atoms with van der Waals surface area (Å²) in [4.78, 5) is 2.44. The van der Waals surface area contributed by atoms with Crippen LogP contribution in [0, 0.1) is 0 Å². The summed E-state index contributed by atoms with van der Waals surface area (Å²) in [6.45, 7) is 5.39. The van der Waals surface area contributed by atoms with Crippen molar-refractivity contribution in [3.63, 3.8) is 0 Å². The number of sulfonamides is 1. The Kier molecular flexibility index (Phi) is 6.40. The second-order valence-corrected chi connectivity index (χ2v) is 8.00. The summed E-state index contributed by atoms with van der Waals surface area (Å²) in [5.74, 6) is 0.392. The van der Waals surface area contributed by atoms with Crippen LogP contribution in [0.15, 0.2) is 59.5 Å². The highest BCUT2D eigenvalue weighted by atomic mass is 32.2. The molecule has 130 valence electrons. The van der Waals surface area contributed by atoms with Crippen molar-refractivity contribution < 1.29 is 8.42 Å². The Balaban J connectivity index is 1.84. The van der Waals surface area contributed by atoms with Gasteiger partial charge in [0.2, 0.25) is 10.0 Å². The van der Waals surface area contributed by atoms with Crippen molar-refractivity contribution in [2.45, 2.75) is 31.1 Å². The molecule has 0 spiro atoms. The first kappa shape index (κ1) is 18.5. The average Bonchev–Trinajstić information content (AvgIpc) is 2.59. The normalized spacial score (nSPS) is 11.7. The lowest BCUT2D eigenvalue weighted by Crippen LogP contribution is -2.28. The maximum absolute atomic E-state index is 12.3. The van der Waals surface area contributed by atoms with Crippen LogP contribution in [-0.4, -0.2) is 28.6 Å². The molecule has 0 unspecified atom stereocenters. The lowest BCUT2D eigenvalue weighted by atomic mass is 10.0. The number of nitrogens with zero attached hydrogens (tertiary/aromatic N) is 1. The standard InChI is InChI=1S/C19H26N2O2S/c1-16(2)17-10-12-19(13-11-17)24(22,23)20-14-7-15-21(3)18-8-5-4-6-9-18/h4-6,8-13,16,20H,7,14-15H2,1-3H3. The molecule has 2 rings (SSSR count). The highest BCUT2D eigenvalue weighted by Gasteiger charge is 2.13. The quantitative estimate of drug-likeness (QED) is 0.743. The number of benzene rings is 2. The fourth-order valence-corrected chi connectivity index (χ4v) is 3.52. The Labute approximate surface area is 145 Å². The van der Waals surface area contributed by atoms with E-state index in [-0.39, 0.29) is 0 Å². The first-order valence-corrected chi connectivity index (χ1v) is 9.74. The van der Waals surface area contributed by atoms with Crippen LogP contribution in [0.1, 0.15) is 31.7 Å². The van der Waals surface area contributed by atoms with Gasteiger partial charge in [0.15, 0.2) is 0 Å². The third-order valence-corrected chi connectivity index (χ3v) is 5.49. The molecule has 0 amide bonds. The minimum Gasteiger partial charge on any atom is -0.375 e. The molecule has 0 fully saturated rings. The molecule has 0 bridgehead atoms. The van der Waals surface area contributed by atoms with Gasteiger partial charge in [0.25, 0.3) is 0 Å². The molecule has 0 heterocycles. The lowest BCUT2D eigenvalue weighted by Gasteiger charge is -2.19. The maximum atomic E-state index is 12.3. The second-order valence-electron chi connectivity index (χ2n) is 6.23. The van der Waals surface area contributed by atoms with Crippen molar-refractivity contribution in [2.75, 3.05) is 25.0 Å². The molecule has 0 aliphatic carbocycles. The van der Waals surface area contributed by atoms with Crippen molar-refractivity contribution in [3.8, 4) is 0 Å². The summed E-state index contributed by atoms with van der Waals surface area (Å²) in [7, 11) is -1.43. The molecule has 2 aromatic carbocycles. The van der Waals surface area contributed by atoms with Gasteiger partial charge in [-0.05, 0) is 42.2 Å². The smallest absolute Gasteiger partial charge is 0.240 e. The van der Waals surface area contributed by atoms with E-state index < -0.39 is 10.0 Å². The van der Waals surface area contributed by atoms with Gasteiger partial charge in [0.1, 0.15) is 0 Å². The number of nitrogens with one attached hydrogen (secondary N) is 1. The van der Waals surface area contributed by atoms with Crippen molar-refractivity contribution in [2.24, 2.45) is 0 Å². The first-order chi connectivity index (χ1) is 11.4. The first-order valence-electron chi connectivity index (χ1n) is 8.26. The Morgan fingerprint density at radius 2 is 1.62 bits per heavy atom. The number of hydrogen-bond donors (Lipinski definition) is 1. The van der Waals surface area contributed by atoms with Gasteiger partial charge in [-0.1, -0.05) is 44.2 Å². The number of anilines is 1. The van der Waals surface area contributed by atoms with Crippen LogP contribution in [0.2, 0.25) is 0 Å². The van der Waals surface area contributed by atoms with Crippen LogP contribution in [-0.2, 0) is 10.0 Å². The SMILES string of the molecule is CC(C)c1ccc(S(=O)(=O)NCCCN(C)c2ccccc2)cc1. The average molecular weight is 346 g/mol. The molecule has 24 heavy (non-hydrogen) atoms. The van der Waals surface area contributed by atoms with Gasteiger partial charge in [0.05, 0.1) is 4.90 Å². The van der Waals surface area contributed by atoms with Crippen LogP contribution in [0.25, 0.3) is 0 Å². The van der Waals surface area contributed by atoms with Crippen molar-refractivity contribution >= 4 is 15.7 Å². The molecule has 4 nitrogen and oxygen atoms in total. The van der Waals surface area contributed by atoms with Crippen molar-refractivity contribution in [3.05, 3.63) is 60.2 Å². The second kappa shape index (κ2) is 8.31. The van der Waals surface area contributed by atoms with Gasteiger partial charge in [-0.3, -0.25) is 0 Å². The number of para-hydroxylation sites is 1. The van der Waals surface area contributed by atoms with E-state index in [2.05, 4.69) is 23.5 Å². The zero-order valence-corrected chi connectivity index (χ0v) is 15.4. The van der Waals surface area contributed by atoms with Crippen LogP contribution in [0.5, 0.6) is 0 Å². The van der Waals surface area contributed by atoms with E-state index >= 15 is 0 Å². The fraction of sp³-hybridized carbons (Fsp3) is 0.368. The number of hydrogen-bond acceptors (Lipinski definition) is 3. The van der Waals surface area contributed by atoms with E-state index in [0.717, 1.165) is 24.2 Å². The molecule has 1 N–H and O–H groups in total. The molecule has 0 atom stereocenters. The van der Waals surface area contributed by atoms with E-state index in [4.69, 9.17) is 0 Å². The predicted octanol–water partition coefficient (Wildman–Crippen LogP) is 3.61. The summed E-state index contributed by atoms with van der Waals surface area (Å²) in [5.41, 5.74) is 2.27. The molecule has 2 aromatic rings. The molecular formula is C19H26N2O2S. The highest BCUT2D eigenvalue weighted by molar-refractivity contribution is 7.89. The molecule has 0 aliphatic rings. The zero-order valence-electron chi connectivity index (χ0n) is 14.6. The molecule has 0 radical (unpaired) electrons. The van der Waals surface area contributed by atoms with Crippen molar-refractivity contribution in [1.29, 1.82) is 0 Å². The largest absolute Gasteiger partial charge is 0.375 e. The van der Waals surface area contributed by atoms with Gasteiger partial charge in [0, 0.05) is 25.8 Å². The summed E-state index contributed by atoms with van der Waals surface area (Å²) in [6, 6.07) is 17.2. The van der Waals surface area contributed by atoms with E-state index in [1.165, 1.54) is 0 Å². The van der Waals surface area contributed by atoms with Crippen LogP contribution >= 0.6 is 0 Å². The summed E-state index contributed by atoms with van der Waals surface area (Å²) in [5, 5.41) is 0. The summed E-state index contributed by atoms with van der Waals surface area (Å²) < 4.78 is 27.3. The van der Waals surface area contributed by atoms with Crippen LogP contribution < -0.4 is 9.62 Å². The third-order valence-electron chi connectivity index (χ3n) is 4.02.